The molecular weight excluding hydrogens is 416 g/mol. The van der Waals surface area contributed by atoms with E-state index in [0.717, 1.165) is 14.7 Å². The predicted molar refractivity (Wildman–Crippen MR) is 107 cm³/mol. The molecule has 0 N–H and O–H groups in total. The van der Waals surface area contributed by atoms with Crippen LogP contribution in [0.3, 0.4) is 0 Å². The summed E-state index contributed by atoms with van der Waals surface area (Å²) in [5, 5.41) is 0. The van der Waals surface area contributed by atoms with Gasteiger partial charge in [-0.25, -0.2) is 0 Å². The first-order chi connectivity index (χ1) is 12.6. The summed E-state index contributed by atoms with van der Waals surface area (Å²) in [4.78, 5) is 17.6. The fraction of sp³-hybridized carbons (Fsp3) is 0.158. The van der Waals surface area contributed by atoms with Crippen LogP contribution in [0.5, 0.6) is 11.5 Å². The molecule has 3 rings (SSSR count). The van der Waals surface area contributed by atoms with E-state index in [0.29, 0.717) is 28.4 Å². The molecule has 0 aliphatic rings. The maximum atomic E-state index is 12.7. The summed E-state index contributed by atoms with van der Waals surface area (Å²) in [5.74, 6) is 0.722. The number of nitrogens with zero attached hydrogens (tertiary/aromatic N) is 2. The zero-order valence-corrected chi connectivity index (χ0v) is 16.8. The van der Waals surface area contributed by atoms with Gasteiger partial charge in [0, 0.05) is 16.6 Å². The van der Waals surface area contributed by atoms with Gasteiger partial charge < -0.3 is 14.0 Å². The molecule has 0 spiro atoms. The lowest BCUT2D eigenvalue weighted by molar-refractivity contribution is 0.0997. The molecule has 0 atom stereocenters. The Kier molecular flexibility index (Phi) is 5.58. The molecular formula is C19H17BrN2O3S. The zero-order chi connectivity index (χ0) is 18.7. The van der Waals surface area contributed by atoms with Crippen molar-refractivity contribution in [1.29, 1.82) is 0 Å². The minimum Gasteiger partial charge on any atom is -0.493 e. The lowest BCUT2D eigenvalue weighted by atomic mass is 10.2. The van der Waals surface area contributed by atoms with Crippen LogP contribution in [0.2, 0.25) is 0 Å². The topological polar surface area (TPSA) is 52.8 Å². The van der Waals surface area contributed by atoms with Crippen molar-refractivity contribution in [3.05, 3.63) is 63.9 Å². The normalized spacial score (nSPS) is 11.6. The molecule has 134 valence electrons. The van der Waals surface area contributed by atoms with Gasteiger partial charge in [-0.05, 0) is 36.4 Å². The van der Waals surface area contributed by atoms with Crippen molar-refractivity contribution in [1.82, 2.24) is 4.57 Å². The number of benzene rings is 2. The second-order valence-electron chi connectivity index (χ2n) is 5.38. The third-order valence-electron chi connectivity index (χ3n) is 3.78. The van der Waals surface area contributed by atoms with Gasteiger partial charge in [0.1, 0.15) is 0 Å². The lowest BCUT2D eigenvalue weighted by Crippen LogP contribution is -2.16. The van der Waals surface area contributed by atoms with Gasteiger partial charge >= 0.3 is 0 Å². The summed E-state index contributed by atoms with van der Waals surface area (Å²) in [5.41, 5.74) is 1.45. The van der Waals surface area contributed by atoms with Crippen LogP contribution in [0.1, 0.15) is 10.4 Å². The molecule has 1 aromatic heterocycles. The van der Waals surface area contributed by atoms with E-state index in [1.165, 1.54) is 18.4 Å². The highest BCUT2D eigenvalue weighted by molar-refractivity contribution is 9.10. The number of halogens is 1. The number of fused-ring (bicyclic) bond motifs is 1. The summed E-state index contributed by atoms with van der Waals surface area (Å²) in [6, 6.07) is 11.0. The van der Waals surface area contributed by atoms with E-state index < -0.39 is 0 Å². The van der Waals surface area contributed by atoms with Crippen molar-refractivity contribution in [2.45, 2.75) is 6.54 Å². The minimum atomic E-state index is -0.339. The first-order valence-corrected chi connectivity index (χ1v) is 9.39. The molecule has 1 amide bonds. The van der Waals surface area contributed by atoms with Gasteiger partial charge in [-0.1, -0.05) is 33.3 Å². The van der Waals surface area contributed by atoms with Gasteiger partial charge in [0.25, 0.3) is 5.91 Å². The Morgan fingerprint density at radius 3 is 2.69 bits per heavy atom. The lowest BCUT2D eigenvalue weighted by Gasteiger charge is -2.07. The van der Waals surface area contributed by atoms with Crippen LogP contribution >= 0.6 is 27.3 Å². The van der Waals surface area contributed by atoms with E-state index in [1.54, 1.807) is 31.4 Å². The van der Waals surface area contributed by atoms with E-state index in [-0.39, 0.29) is 5.91 Å². The fourth-order valence-corrected chi connectivity index (χ4v) is 4.15. The maximum Gasteiger partial charge on any atom is 0.279 e. The molecule has 26 heavy (non-hydrogen) atoms. The van der Waals surface area contributed by atoms with Crippen LogP contribution < -0.4 is 14.3 Å². The monoisotopic (exact) mass is 432 g/mol. The first kappa shape index (κ1) is 18.4. The summed E-state index contributed by atoms with van der Waals surface area (Å²) in [7, 11) is 3.09. The van der Waals surface area contributed by atoms with Gasteiger partial charge in [-0.2, -0.15) is 4.99 Å². The molecule has 0 saturated carbocycles. The molecule has 1 heterocycles. The average Bonchev–Trinajstić information content (AvgIpc) is 2.97. The Labute approximate surface area is 163 Å². The number of carbonyl (C=O) groups excluding carboxylic acids is 1. The number of aromatic nitrogens is 1. The van der Waals surface area contributed by atoms with Gasteiger partial charge in [0.2, 0.25) is 0 Å². The molecule has 2 aromatic carbocycles. The molecule has 5 nitrogen and oxygen atoms in total. The molecule has 0 radical (unpaired) electrons. The zero-order valence-electron chi connectivity index (χ0n) is 14.4. The fourth-order valence-electron chi connectivity index (χ4n) is 2.56. The highest BCUT2D eigenvalue weighted by Gasteiger charge is 2.12. The number of methoxy groups -OCH3 is 2. The van der Waals surface area contributed by atoms with Crippen molar-refractivity contribution in [2.24, 2.45) is 4.99 Å². The van der Waals surface area contributed by atoms with Gasteiger partial charge in [-0.15, -0.1) is 6.58 Å². The number of carbonyl (C=O) groups is 1. The summed E-state index contributed by atoms with van der Waals surface area (Å²) in [6.45, 7) is 4.37. The summed E-state index contributed by atoms with van der Waals surface area (Å²) < 4.78 is 14.5. The molecule has 0 aliphatic carbocycles. The van der Waals surface area contributed by atoms with Crippen LogP contribution in [0, 0.1) is 0 Å². The molecule has 0 bridgehead atoms. The second kappa shape index (κ2) is 7.88. The summed E-state index contributed by atoms with van der Waals surface area (Å²) >= 11 is 4.94. The minimum absolute atomic E-state index is 0.339. The summed E-state index contributed by atoms with van der Waals surface area (Å²) in [6.07, 6.45) is 1.79. The maximum absolute atomic E-state index is 12.7. The largest absolute Gasteiger partial charge is 0.493 e. The van der Waals surface area contributed by atoms with Crippen molar-refractivity contribution in [3.63, 3.8) is 0 Å². The third kappa shape index (κ3) is 3.59. The first-order valence-electron chi connectivity index (χ1n) is 7.78. The van der Waals surface area contributed by atoms with Gasteiger partial charge in [0.05, 0.1) is 24.4 Å². The van der Waals surface area contributed by atoms with E-state index >= 15 is 0 Å². The van der Waals surface area contributed by atoms with Gasteiger partial charge in [-0.3, -0.25) is 4.79 Å². The van der Waals surface area contributed by atoms with Crippen LogP contribution in [0.4, 0.5) is 0 Å². The van der Waals surface area contributed by atoms with Crippen LogP contribution in [0.25, 0.3) is 10.2 Å². The molecule has 7 heteroatoms. The SMILES string of the molecule is C=CCn1c(=NC(=O)c2ccc(OC)c(OC)c2)sc2cc(Br)ccc21. The number of thiazole rings is 1. The molecule has 3 aromatic rings. The quantitative estimate of drug-likeness (QED) is 0.561. The standard InChI is InChI=1S/C19H17BrN2O3S/c1-4-9-22-14-7-6-13(20)11-17(14)26-19(22)21-18(23)12-5-8-15(24-2)16(10-12)25-3/h4-8,10-11H,1,9H2,2-3H3. The molecule has 0 unspecified atom stereocenters. The predicted octanol–water partition coefficient (Wildman–Crippen LogP) is 4.41. The van der Waals surface area contributed by atoms with Crippen LogP contribution in [-0.2, 0) is 6.54 Å². The van der Waals surface area contributed by atoms with E-state index in [1.807, 2.05) is 22.8 Å². The van der Waals surface area contributed by atoms with Crippen molar-refractivity contribution < 1.29 is 14.3 Å². The van der Waals surface area contributed by atoms with Crippen molar-refractivity contribution in [2.75, 3.05) is 14.2 Å². The van der Waals surface area contributed by atoms with Gasteiger partial charge in [0.15, 0.2) is 16.3 Å². The number of amides is 1. The second-order valence-corrected chi connectivity index (χ2v) is 7.31. The Morgan fingerprint density at radius 2 is 2.00 bits per heavy atom. The number of allylic oxidation sites excluding steroid dienone is 1. The van der Waals surface area contributed by atoms with Crippen LogP contribution in [0.15, 0.2) is 58.5 Å². The number of ether oxygens (including phenoxy) is 2. The number of hydrogen-bond acceptors (Lipinski definition) is 4. The Balaban J connectivity index is 2.10. The Morgan fingerprint density at radius 1 is 1.23 bits per heavy atom. The molecule has 0 fully saturated rings. The highest BCUT2D eigenvalue weighted by atomic mass is 79.9. The van der Waals surface area contributed by atoms with E-state index in [9.17, 15) is 4.79 Å². The Hall–Kier alpha value is -2.38. The van der Waals surface area contributed by atoms with E-state index in [2.05, 4.69) is 27.5 Å². The number of rotatable bonds is 5. The highest BCUT2D eigenvalue weighted by Crippen LogP contribution is 2.28. The average molecular weight is 433 g/mol. The molecule has 0 saturated heterocycles. The van der Waals surface area contributed by atoms with Crippen LogP contribution in [-0.4, -0.2) is 24.7 Å². The van der Waals surface area contributed by atoms with Crippen molar-refractivity contribution >= 4 is 43.4 Å². The number of hydrogen-bond donors (Lipinski definition) is 0. The van der Waals surface area contributed by atoms with Crippen molar-refractivity contribution in [3.8, 4) is 11.5 Å². The molecule has 0 aliphatic heterocycles. The smallest absolute Gasteiger partial charge is 0.279 e. The van der Waals surface area contributed by atoms with E-state index in [4.69, 9.17) is 9.47 Å². The third-order valence-corrected chi connectivity index (χ3v) is 5.32. The Bertz CT molecular complexity index is 1050.